The second kappa shape index (κ2) is 7.67. The molecule has 0 aliphatic heterocycles. The predicted molar refractivity (Wildman–Crippen MR) is 76.3 cm³/mol. The molecular formula is C13H24N2O3S. The van der Waals surface area contributed by atoms with Crippen molar-refractivity contribution in [3.63, 3.8) is 0 Å². The molecule has 0 aliphatic carbocycles. The molecule has 0 spiro atoms. The van der Waals surface area contributed by atoms with E-state index in [2.05, 4.69) is 19.2 Å². The first kappa shape index (κ1) is 16.2. The summed E-state index contributed by atoms with van der Waals surface area (Å²) < 4.78 is 30.5. The van der Waals surface area contributed by atoms with Crippen molar-refractivity contribution in [3.8, 4) is 0 Å². The van der Waals surface area contributed by atoms with E-state index in [1.807, 2.05) is 0 Å². The van der Waals surface area contributed by atoms with Crippen LogP contribution >= 0.6 is 0 Å². The smallest absolute Gasteiger partial charge is 0.214 e. The topological polar surface area (TPSA) is 62.6 Å². The van der Waals surface area contributed by atoms with Gasteiger partial charge in [0.1, 0.15) is 5.76 Å². The lowest BCUT2D eigenvalue weighted by atomic mass is 10.3. The monoisotopic (exact) mass is 288 g/mol. The fourth-order valence-electron chi connectivity index (χ4n) is 1.68. The molecular weight excluding hydrogens is 264 g/mol. The molecule has 6 heteroatoms. The van der Waals surface area contributed by atoms with Gasteiger partial charge in [-0.1, -0.05) is 13.8 Å². The summed E-state index contributed by atoms with van der Waals surface area (Å²) in [5, 5.41) is 3.27. The fraction of sp³-hybridized carbons (Fsp3) is 0.692. The van der Waals surface area contributed by atoms with Gasteiger partial charge in [0, 0.05) is 13.1 Å². The number of rotatable bonds is 9. The molecule has 1 rings (SSSR count). The molecule has 0 saturated carbocycles. The molecule has 1 aromatic heterocycles. The van der Waals surface area contributed by atoms with Crippen LogP contribution in [-0.2, 0) is 16.6 Å². The minimum absolute atomic E-state index is 0.185. The van der Waals surface area contributed by atoms with Gasteiger partial charge in [0.05, 0.1) is 18.6 Å². The Morgan fingerprint density at radius 3 is 2.68 bits per heavy atom. The van der Waals surface area contributed by atoms with E-state index in [1.165, 1.54) is 4.31 Å². The summed E-state index contributed by atoms with van der Waals surface area (Å²) in [6.45, 7) is 5.30. The normalized spacial score (nSPS) is 12.5. The average molecular weight is 288 g/mol. The first-order valence-electron chi connectivity index (χ1n) is 6.61. The second-order valence-corrected chi connectivity index (χ2v) is 7.16. The molecule has 110 valence electrons. The van der Waals surface area contributed by atoms with Gasteiger partial charge in [0.25, 0.3) is 0 Å². The highest BCUT2D eigenvalue weighted by Gasteiger charge is 2.18. The SMILES string of the molecule is CC(C)NCCCCS(=O)(=O)N(C)Cc1ccco1. The van der Waals surface area contributed by atoms with Crippen LogP contribution in [0.25, 0.3) is 0 Å². The van der Waals surface area contributed by atoms with Crippen molar-refractivity contribution in [2.75, 3.05) is 19.3 Å². The van der Waals surface area contributed by atoms with Gasteiger partial charge in [-0.3, -0.25) is 0 Å². The molecule has 1 N–H and O–H groups in total. The molecule has 0 aromatic carbocycles. The van der Waals surface area contributed by atoms with Gasteiger partial charge < -0.3 is 9.73 Å². The number of unbranched alkanes of at least 4 members (excludes halogenated alkanes) is 1. The van der Waals surface area contributed by atoms with Gasteiger partial charge in [-0.2, -0.15) is 4.31 Å². The van der Waals surface area contributed by atoms with Crippen LogP contribution in [0.3, 0.4) is 0 Å². The van der Waals surface area contributed by atoms with Crippen LogP contribution in [0.15, 0.2) is 22.8 Å². The fourth-order valence-corrected chi connectivity index (χ4v) is 2.88. The zero-order valence-corrected chi connectivity index (χ0v) is 12.7. The van der Waals surface area contributed by atoms with Gasteiger partial charge in [-0.05, 0) is 31.5 Å². The van der Waals surface area contributed by atoms with Crippen LogP contribution < -0.4 is 5.32 Å². The lowest BCUT2D eigenvalue weighted by Crippen LogP contribution is -2.29. The number of hydrogen-bond acceptors (Lipinski definition) is 4. The summed E-state index contributed by atoms with van der Waals surface area (Å²) >= 11 is 0. The minimum Gasteiger partial charge on any atom is -0.468 e. The highest BCUT2D eigenvalue weighted by atomic mass is 32.2. The molecule has 0 bridgehead atoms. The summed E-state index contributed by atoms with van der Waals surface area (Å²) in [6.07, 6.45) is 3.09. The van der Waals surface area contributed by atoms with E-state index >= 15 is 0 Å². The van der Waals surface area contributed by atoms with Gasteiger partial charge in [0.15, 0.2) is 0 Å². The van der Waals surface area contributed by atoms with Crippen LogP contribution in [0.4, 0.5) is 0 Å². The van der Waals surface area contributed by atoms with E-state index in [4.69, 9.17) is 4.42 Å². The number of furan rings is 1. The first-order valence-corrected chi connectivity index (χ1v) is 8.22. The van der Waals surface area contributed by atoms with E-state index < -0.39 is 10.0 Å². The second-order valence-electron chi connectivity index (χ2n) is 4.97. The Kier molecular flexibility index (Phi) is 6.54. The zero-order valence-electron chi connectivity index (χ0n) is 11.9. The molecule has 0 fully saturated rings. The number of nitrogens with zero attached hydrogens (tertiary/aromatic N) is 1. The number of hydrogen-bond donors (Lipinski definition) is 1. The van der Waals surface area contributed by atoms with Crippen LogP contribution in [-0.4, -0.2) is 38.1 Å². The Bertz CT molecular complexity index is 440. The van der Waals surface area contributed by atoms with E-state index in [-0.39, 0.29) is 5.75 Å². The van der Waals surface area contributed by atoms with Crippen LogP contribution in [0, 0.1) is 0 Å². The third kappa shape index (κ3) is 6.22. The van der Waals surface area contributed by atoms with Crippen molar-refractivity contribution in [1.29, 1.82) is 0 Å². The Hall–Kier alpha value is -0.850. The van der Waals surface area contributed by atoms with Crippen molar-refractivity contribution >= 4 is 10.0 Å². The Morgan fingerprint density at radius 2 is 2.11 bits per heavy atom. The van der Waals surface area contributed by atoms with Crippen molar-refractivity contribution in [1.82, 2.24) is 9.62 Å². The maximum atomic E-state index is 12.0. The van der Waals surface area contributed by atoms with E-state index in [9.17, 15) is 8.42 Å². The van der Waals surface area contributed by atoms with Gasteiger partial charge in [-0.25, -0.2) is 8.42 Å². The maximum absolute atomic E-state index is 12.0. The summed E-state index contributed by atoms with van der Waals surface area (Å²) in [5.41, 5.74) is 0. The molecule has 1 aromatic rings. The molecule has 0 radical (unpaired) electrons. The summed E-state index contributed by atoms with van der Waals surface area (Å²) in [6, 6.07) is 3.98. The Labute approximate surface area is 116 Å². The molecule has 0 amide bonds. The van der Waals surface area contributed by atoms with E-state index in [0.717, 1.165) is 13.0 Å². The molecule has 0 aliphatic rings. The highest BCUT2D eigenvalue weighted by Crippen LogP contribution is 2.09. The average Bonchev–Trinajstić information content (AvgIpc) is 2.80. The third-order valence-electron chi connectivity index (χ3n) is 2.82. The molecule has 5 nitrogen and oxygen atoms in total. The molecule has 19 heavy (non-hydrogen) atoms. The van der Waals surface area contributed by atoms with Crippen LogP contribution in [0.5, 0.6) is 0 Å². The van der Waals surface area contributed by atoms with Crippen molar-refractivity contribution < 1.29 is 12.8 Å². The first-order chi connectivity index (χ1) is 8.92. The Morgan fingerprint density at radius 1 is 1.37 bits per heavy atom. The number of nitrogens with one attached hydrogen (secondary N) is 1. The summed E-state index contributed by atoms with van der Waals surface area (Å²) in [4.78, 5) is 0. The lowest BCUT2D eigenvalue weighted by Gasteiger charge is -2.16. The molecule has 1 heterocycles. The lowest BCUT2D eigenvalue weighted by molar-refractivity contribution is 0.405. The standard InChI is InChI=1S/C13H24N2O3S/c1-12(2)14-8-4-5-10-19(16,17)15(3)11-13-7-6-9-18-13/h6-7,9,12,14H,4-5,8,10-11H2,1-3H3. The number of sulfonamides is 1. The predicted octanol–water partition coefficient (Wildman–Crippen LogP) is 1.82. The van der Waals surface area contributed by atoms with Gasteiger partial charge >= 0.3 is 0 Å². The third-order valence-corrected chi connectivity index (χ3v) is 4.70. The zero-order chi connectivity index (χ0) is 14.3. The van der Waals surface area contributed by atoms with Crippen LogP contribution in [0.2, 0.25) is 0 Å². The summed E-state index contributed by atoms with van der Waals surface area (Å²) in [5.74, 6) is 0.844. The molecule has 0 unspecified atom stereocenters. The van der Waals surface area contributed by atoms with Crippen molar-refractivity contribution in [2.24, 2.45) is 0 Å². The van der Waals surface area contributed by atoms with Gasteiger partial charge in [0.2, 0.25) is 10.0 Å². The molecule has 0 saturated heterocycles. The van der Waals surface area contributed by atoms with E-state index in [1.54, 1.807) is 25.4 Å². The maximum Gasteiger partial charge on any atom is 0.214 e. The quantitative estimate of drug-likeness (QED) is 0.704. The minimum atomic E-state index is -3.19. The van der Waals surface area contributed by atoms with Crippen molar-refractivity contribution in [3.05, 3.63) is 24.2 Å². The summed E-state index contributed by atoms with van der Waals surface area (Å²) in [7, 11) is -1.60. The van der Waals surface area contributed by atoms with Crippen molar-refractivity contribution in [2.45, 2.75) is 39.3 Å². The van der Waals surface area contributed by atoms with Crippen LogP contribution in [0.1, 0.15) is 32.4 Å². The highest BCUT2D eigenvalue weighted by molar-refractivity contribution is 7.89. The van der Waals surface area contributed by atoms with Gasteiger partial charge in [-0.15, -0.1) is 0 Å². The molecule has 0 atom stereocenters. The Balaban J connectivity index is 2.30. The van der Waals surface area contributed by atoms with E-state index in [0.29, 0.717) is 24.8 Å². The largest absolute Gasteiger partial charge is 0.468 e.